The van der Waals surface area contributed by atoms with E-state index < -0.39 is 5.66 Å². The number of ketones is 1. The van der Waals surface area contributed by atoms with Gasteiger partial charge in [0.2, 0.25) is 0 Å². The van der Waals surface area contributed by atoms with E-state index >= 15 is 0 Å². The summed E-state index contributed by atoms with van der Waals surface area (Å²) in [5, 5.41) is 0. The van der Waals surface area contributed by atoms with Gasteiger partial charge < -0.3 is 4.74 Å². The molecular formula is C20H23IN2O3. The summed E-state index contributed by atoms with van der Waals surface area (Å²) in [6.45, 7) is 3.69. The number of benzene rings is 1. The molecule has 1 aromatic rings. The predicted octanol–water partition coefficient (Wildman–Crippen LogP) is 4.00. The number of fused-ring (bicyclic) bond motifs is 1. The topological polar surface area (TPSA) is 49.9 Å². The van der Waals surface area contributed by atoms with Gasteiger partial charge in [-0.15, -0.1) is 0 Å². The lowest BCUT2D eigenvalue weighted by Gasteiger charge is -2.51. The van der Waals surface area contributed by atoms with E-state index in [0.29, 0.717) is 25.0 Å². The zero-order valence-electron chi connectivity index (χ0n) is 15.1. The van der Waals surface area contributed by atoms with Crippen LogP contribution in [0.5, 0.6) is 0 Å². The highest BCUT2D eigenvalue weighted by molar-refractivity contribution is 14.1. The molecule has 1 aromatic carbocycles. The Morgan fingerprint density at radius 2 is 2.12 bits per heavy atom. The molecule has 0 bridgehead atoms. The average molecular weight is 466 g/mol. The fourth-order valence-corrected chi connectivity index (χ4v) is 5.80. The Balaban J connectivity index is 1.95. The van der Waals surface area contributed by atoms with Gasteiger partial charge >= 0.3 is 6.09 Å². The van der Waals surface area contributed by atoms with E-state index in [9.17, 15) is 9.59 Å². The van der Waals surface area contributed by atoms with E-state index in [1.165, 1.54) is 10.7 Å². The van der Waals surface area contributed by atoms with Crippen LogP contribution in [-0.4, -0.2) is 42.6 Å². The fourth-order valence-electron chi connectivity index (χ4n) is 5.39. The number of ether oxygens (including phenoxy) is 1. The Hall–Kier alpha value is -1.41. The van der Waals surface area contributed by atoms with Crippen molar-refractivity contribution < 1.29 is 14.3 Å². The van der Waals surface area contributed by atoms with Crippen molar-refractivity contribution in [2.75, 3.05) is 25.1 Å². The molecule has 1 saturated carbocycles. The Labute approximate surface area is 167 Å². The standard InChI is InChI=1S/C20H23IN2O3/c1-3-14(21)13-22-11-10-19-12-15(24)8-9-20(19,22)23(18(25)26-2)17-7-5-4-6-16(17)19/h3-7H,8-13H2,1-2H3/b14-3-/t19-,20-/m1/s1. The lowest BCUT2D eigenvalue weighted by Crippen LogP contribution is -2.67. The molecule has 26 heavy (non-hydrogen) atoms. The molecule has 0 unspecified atom stereocenters. The minimum Gasteiger partial charge on any atom is -0.452 e. The molecule has 138 valence electrons. The molecule has 5 nitrogen and oxygen atoms in total. The van der Waals surface area contributed by atoms with Crippen molar-refractivity contribution >= 4 is 40.2 Å². The molecule has 6 heteroatoms. The third-order valence-corrected chi connectivity index (χ3v) is 7.36. The summed E-state index contributed by atoms with van der Waals surface area (Å²) in [6.07, 6.45) is 4.32. The third-order valence-electron chi connectivity index (χ3n) is 6.39. The van der Waals surface area contributed by atoms with Gasteiger partial charge in [-0.25, -0.2) is 4.79 Å². The van der Waals surface area contributed by atoms with Crippen LogP contribution in [-0.2, 0) is 14.9 Å². The molecule has 2 fully saturated rings. The van der Waals surface area contributed by atoms with Gasteiger partial charge in [0.15, 0.2) is 0 Å². The second-order valence-electron chi connectivity index (χ2n) is 7.34. The molecule has 1 saturated heterocycles. The number of amides is 1. The maximum atomic E-state index is 12.9. The van der Waals surface area contributed by atoms with Gasteiger partial charge in [-0.2, -0.15) is 0 Å². The number of anilines is 1. The molecule has 0 N–H and O–H groups in total. The van der Waals surface area contributed by atoms with Crippen molar-refractivity contribution in [1.82, 2.24) is 4.90 Å². The number of carbonyl (C=O) groups is 2. The number of halogens is 1. The van der Waals surface area contributed by atoms with Gasteiger partial charge in [0.25, 0.3) is 0 Å². The molecule has 1 amide bonds. The summed E-state index contributed by atoms with van der Waals surface area (Å²) in [6, 6.07) is 8.05. The minimum atomic E-state index is -0.517. The number of Topliss-reactive ketones (excluding diaryl/α,β-unsaturated/α-hetero) is 1. The largest absolute Gasteiger partial charge is 0.452 e. The zero-order valence-corrected chi connectivity index (χ0v) is 17.3. The van der Waals surface area contributed by atoms with Crippen LogP contribution in [0.3, 0.4) is 0 Å². The fraction of sp³-hybridized carbons (Fsp3) is 0.500. The van der Waals surface area contributed by atoms with Gasteiger partial charge in [0.05, 0.1) is 12.8 Å². The second-order valence-corrected chi connectivity index (χ2v) is 8.73. The molecule has 1 aliphatic carbocycles. The summed E-state index contributed by atoms with van der Waals surface area (Å²) in [5.41, 5.74) is 1.17. The van der Waals surface area contributed by atoms with Crippen LogP contribution in [0, 0.1) is 0 Å². The van der Waals surface area contributed by atoms with Gasteiger partial charge in [-0.3, -0.25) is 14.6 Å². The number of carbonyl (C=O) groups excluding carboxylic acids is 2. The number of nitrogens with zero attached hydrogens (tertiary/aromatic N) is 2. The van der Waals surface area contributed by atoms with E-state index in [4.69, 9.17) is 4.74 Å². The van der Waals surface area contributed by atoms with Gasteiger partial charge in [0, 0.05) is 34.9 Å². The molecule has 2 heterocycles. The second kappa shape index (κ2) is 6.34. The number of allylic oxidation sites excluding steroid dienone is 1. The lowest BCUT2D eigenvalue weighted by molar-refractivity contribution is -0.125. The number of hydrogen-bond acceptors (Lipinski definition) is 4. The van der Waals surface area contributed by atoms with E-state index in [1.54, 1.807) is 0 Å². The summed E-state index contributed by atoms with van der Waals surface area (Å²) < 4.78 is 6.45. The molecule has 2 aliphatic heterocycles. The highest BCUT2D eigenvalue weighted by Gasteiger charge is 2.71. The number of rotatable bonds is 2. The van der Waals surface area contributed by atoms with Crippen molar-refractivity contribution in [3.8, 4) is 0 Å². The van der Waals surface area contributed by atoms with Crippen molar-refractivity contribution in [3.05, 3.63) is 39.5 Å². The number of methoxy groups -OCH3 is 1. The van der Waals surface area contributed by atoms with Crippen molar-refractivity contribution in [3.63, 3.8) is 0 Å². The molecule has 0 radical (unpaired) electrons. The molecule has 2 atom stereocenters. The van der Waals surface area contributed by atoms with Gasteiger partial charge in [-0.05, 0) is 54.0 Å². The van der Waals surface area contributed by atoms with Gasteiger partial charge in [-0.1, -0.05) is 24.3 Å². The number of likely N-dealkylation sites (tertiary alicyclic amines) is 1. The molecule has 0 aromatic heterocycles. The van der Waals surface area contributed by atoms with Crippen LogP contribution in [0.4, 0.5) is 10.5 Å². The SMILES string of the molecule is C/C=C(\I)CN1CC[C@]23CC(=O)CC[C@]12N(C(=O)OC)c1ccccc13. The molecule has 0 spiro atoms. The van der Waals surface area contributed by atoms with Crippen molar-refractivity contribution in [1.29, 1.82) is 0 Å². The predicted molar refractivity (Wildman–Crippen MR) is 109 cm³/mol. The Morgan fingerprint density at radius 3 is 2.85 bits per heavy atom. The van der Waals surface area contributed by atoms with Crippen LogP contribution in [0.25, 0.3) is 0 Å². The van der Waals surface area contributed by atoms with Crippen molar-refractivity contribution in [2.45, 2.75) is 43.7 Å². The molecule has 3 aliphatic rings. The monoisotopic (exact) mass is 466 g/mol. The minimum absolute atomic E-state index is 0.296. The summed E-state index contributed by atoms with van der Waals surface area (Å²) in [4.78, 5) is 29.7. The van der Waals surface area contributed by atoms with E-state index in [1.807, 2.05) is 30.0 Å². The van der Waals surface area contributed by atoms with Gasteiger partial charge in [0.1, 0.15) is 11.4 Å². The van der Waals surface area contributed by atoms with Crippen LogP contribution in [0.1, 0.15) is 38.2 Å². The Kier molecular flexibility index (Phi) is 4.38. The normalized spacial score (nSPS) is 30.8. The number of para-hydroxylation sites is 1. The summed E-state index contributed by atoms with van der Waals surface area (Å²) in [5.74, 6) is 0.296. The van der Waals surface area contributed by atoms with Crippen molar-refractivity contribution in [2.24, 2.45) is 0 Å². The van der Waals surface area contributed by atoms with Crippen LogP contribution in [0.15, 0.2) is 33.9 Å². The van der Waals surface area contributed by atoms with E-state index in [0.717, 1.165) is 30.8 Å². The highest BCUT2D eigenvalue weighted by atomic mass is 127. The Morgan fingerprint density at radius 1 is 1.35 bits per heavy atom. The first-order valence-corrected chi connectivity index (χ1v) is 10.1. The first kappa shape index (κ1) is 18.0. The summed E-state index contributed by atoms with van der Waals surface area (Å²) in [7, 11) is 1.44. The van der Waals surface area contributed by atoms with Crippen LogP contribution in [0.2, 0.25) is 0 Å². The maximum Gasteiger partial charge on any atom is 0.415 e. The van der Waals surface area contributed by atoms with E-state index in [2.05, 4.69) is 39.6 Å². The van der Waals surface area contributed by atoms with Crippen LogP contribution >= 0.6 is 22.6 Å². The zero-order chi connectivity index (χ0) is 18.5. The third kappa shape index (κ3) is 2.17. The van der Waals surface area contributed by atoms with Crippen LogP contribution < -0.4 is 4.90 Å². The van der Waals surface area contributed by atoms with E-state index in [-0.39, 0.29) is 11.5 Å². The maximum absolute atomic E-state index is 12.9. The quantitative estimate of drug-likeness (QED) is 0.619. The molecule has 4 rings (SSSR count). The smallest absolute Gasteiger partial charge is 0.415 e. The lowest BCUT2D eigenvalue weighted by atomic mass is 9.63. The summed E-state index contributed by atoms with van der Waals surface area (Å²) >= 11 is 2.36. The number of hydrogen-bond donors (Lipinski definition) is 0. The molecular weight excluding hydrogens is 443 g/mol. The first-order valence-electron chi connectivity index (χ1n) is 9.05. The Bertz CT molecular complexity index is 808. The average Bonchev–Trinajstić information content (AvgIpc) is 3.10. The highest BCUT2D eigenvalue weighted by Crippen LogP contribution is 2.64. The first-order chi connectivity index (χ1) is 12.5.